The standard InChI is InChI=1S/C22H28N2O4/c1-21(2,3)15-7-13(9-17(25)19(15)27)11-23-24-12-14-8-16(22(4,5)6)20(28)18(26)10-14/h7-12,25-28H,1-6H3/b23-11+,24-12+. The van der Waals surface area contributed by atoms with Gasteiger partial charge in [0, 0.05) is 11.1 Å². The van der Waals surface area contributed by atoms with E-state index in [-0.39, 0.29) is 33.8 Å². The summed E-state index contributed by atoms with van der Waals surface area (Å²) < 4.78 is 0. The van der Waals surface area contributed by atoms with Crippen LogP contribution in [0.3, 0.4) is 0 Å². The minimum absolute atomic E-state index is 0.137. The molecule has 0 fully saturated rings. The molecule has 0 radical (unpaired) electrons. The Morgan fingerprint density at radius 1 is 0.607 bits per heavy atom. The fourth-order valence-electron chi connectivity index (χ4n) is 2.77. The molecular weight excluding hydrogens is 356 g/mol. The van der Waals surface area contributed by atoms with Gasteiger partial charge in [-0.2, -0.15) is 10.2 Å². The highest BCUT2D eigenvalue weighted by atomic mass is 16.3. The molecule has 0 spiro atoms. The molecule has 0 aliphatic heterocycles. The molecule has 0 aromatic heterocycles. The van der Waals surface area contributed by atoms with Crippen LogP contribution in [0.1, 0.15) is 63.8 Å². The molecule has 0 saturated carbocycles. The third-order valence-electron chi connectivity index (χ3n) is 4.32. The molecule has 0 amide bonds. The van der Waals surface area contributed by atoms with Crippen LogP contribution in [-0.4, -0.2) is 32.9 Å². The van der Waals surface area contributed by atoms with Crippen LogP contribution in [0.2, 0.25) is 0 Å². The van der Waals surface area contributed by atoms with Crippen molar-refractivity contribution in [1.29, 1.82) is 0 Å². The number of benzene rings is 2. The van der Waals surface area contributed by atoms with E-state index in [0.717, 1.165) is 0 Å². The van der Waals surface area contributed by atoms with Crippen molar-refractivity contribution in [3.05, 3.63) is 46.5 Å². The highest BCUT2D eigenvalue weighted by Gasteiger charge is 2.22. The molecule has 4 N–H and O–H groups in total. The number of rotatable bonds is 3. The second-order valence-corrected chi connectivity index (χ2v) is 8.86. The van der Waals surface area contributed by atoms with Crippen LogP contribution in [0.25, 0.3) is 0 Å². The molecule has 6 heteroatoms. The zero-order chi connectivity index (χ0) is 21.3. The predicted molar refractivity (Wildman–Crippen MR) is 112 cm³/mol. The quantitative estimate of drug-likeness (QED) is 0.354. The lowest BCUT2D eigenvalue weighted by atomic mass is 9.85. The van der Waals surface area contributed by atoms with Gasteiger partial charge in [-0.15, -0.1) is 0 Å². The largest absolute Gasteiger partial charge is 0.504 e. The molecule has 0 heterocycles. The molecular formula is C22H28N2O4. The van der Waals surface area contributed by atoms with Crippen molar-refractivity contribution in [1.82, 2.24) is 0 Å². The van der Waals surface area contributed by atoms with Crippen molar-refractivity contribution >= 4 is 12.4 Å². The van der Waals surface area contributed by atoms with Gasteiger partial charge in [-0.05, 0) is 46.2 Å². The van der Waals surface area contributed by atoms with Crippen LogP contribution < -0.4 is 0 Å². The van der Waals surface area contributed by atoms with Gasteiger partial charge in [0.05, 0.1) is 12.4 Å². The van der Waals surface area contributed by atoms with Crippen molar-refractivity contribution in [2.24, 2.45) is 10.2 Å². The van der Waals surface area contributed by atoms with Crippen LogP contribution >= 0.6 is 0 Å². The van der Waals surface area contributed by atoms with Crippen molar-refractivity contribution in [2.75, 3.05) is 0 Å². The molecule has 0 saturated heterocycles. The summed E-state index contributed by atoms with van der Waals surface area (Å²) in [6, 6.07) is 6.32. The first-order valence-corrected chi connectivity index (χ1v) is 9.00. The number of phenolic OH excluding ortho intramolecular Hbond substituents is 4. The third-order valence-corrected chi connectivity index (χ3v) is 4.32. The molecule has 0 aliphatic rings. The van der Waals surface area contributed by atoms with Crippen molar-refractivity contribution in [3.8, 4) is 23.0 Å². The van der Waals surface area contributed by atoms with Crippen molar-refractivity contribution in [2.45, 2.75) is 52.4 Å². The van der Waals surface area contributed by atoms with Gasteiger partial charge in [0.15, 0.2) is 23.0 Å². The molecule has 2 aromatic carbocycles. The van der Waals surface area contributed by atoms with Crippen LogP contribution in [0.5, 0.6) is 23.0 Å². The van der Waals surface area contributed by atoms with Gasteiger partial charge in [0.1, 0.15) is 0 Å². The smallest absolute Gasteiger partial charge is 0.161 e. The summed E-state index contributed by atoms with van der Waals surface area (Å²) >= 11 is 0. The van der Waals surface area contributed by atoms with Gasteiger partial charge in [-0.3, -0.25) is 0 Å². The van der Waals surface area contributed by atoms with E-state index in [0.29, 0.717) is 22.3 Å². The van der Waals surface area contributed by atoms with Crippen LogP contribution in [-0.2, 0) is 10.8 Å². The minimum Gasteiger partial charge on any atom is -0.504 e. The summed E-state index contributed by atoms with van der Waals surface area (Å²) in [6.45, 7) is 11.6. The Morgan fingerprint density at radius 2 is 0.929 bits per heavy atom. The summed E-state index contributed by atoms with van der Waals surface area (Å²) in [4.78, 5) is 0. The molecule has 6 nitrogen and oxygen atoms in total. The highest BCUT2D eigenvalue weighted by Crippen LogP contribution is 2.38. The average molecular weight is 384 g/mol. The minimum atomic E-state index is -0.346. The van der Waals surface area contributed by atoms with Gasteiger partial charge in [-0.25, -0.2) is 0 Å². The van der Waals surface area contributed by atoms with E-state index in [4.69, 9.17) is 0 Å². The highest BCUT2D eigenvalue weighted by molar-refractivity contribution is 5.84. The van der Waals surface area contributed by atoms with Crippen molar-refractivity contribution in [3.63, 3.8) is 0 Å². The molecule has 28 heavy (non-hydrogen) atoms. The lowest BCUT2D eigenvalue weighted by molar-refractivity contribution is 0.389. The van der Waals surface area contributed by atoms with E-state index in [1.807, 2.05) is 41.5 Å². The lowest BCUT2D eigenvalue weighted by Crippen LogP contribution is -2.12. The number of phenols is 4. The molecule has 2 rings (SSSR count). The molecule has 2 aromatic rings. The summed E-state index contributed by atoms with van der Waals surface area (Å²) in [5.74, 6) is -0.697. The fraction of sp³-hybridized carbons (Fsp3) is 0.364. The Bertz CT molecular complexity index is 856. The molecule has 0 unspecified atom stereocenters. The maximum atomic E-state index is 10.0. The van der Waals surface area contributed by atoms with E-state index in [1.165, 1.54) is 24.6 Å². The summed E-state index contributed by atoms with van der Waals surface area (Å²) in [7, 11) is 0. The Morgan fingerprint density at radius 3 is 1.21 bits per heavy atom. The fourth-order valence-corrected chi connectivity index (χ4v) is 2.77. The Kier molecular flexibility index (Phi) is 5.73. The molecule has 0 atom stereocenters. The Hall–Kier alpha value is -3.02. The van der Waals surface area contributed by atoms with Gasteiger partial charge < -0.3 is 20.4 Å². The summed E-state index contributed by atoms with van der Waals surface area (Å²) in [5.41, 5.74) is 1.72. The normalized spacial score (nSPS) is 12.9. The molecule has 0 bridgehead atoms. The topological polar surface area (TPSA) is 106 Å². The number of hydrogen-bond donors (Lipinski definition) is 4. The number of hydrogen-bond acceptors (Lipinski definition) is 6. The third kappa shape index (κ3) is 4.82. The van der Waals surface area contributed by atoms with Crippen LogP contribution in [0, 0.1) is 0 Å². The van der Waals surface area contributed by atoms with E-state index in [2.05, 4.69) is 10.2 Å². The average Bonchev–Trinajstić information content (AvgIpc) is 2.55. The first kappa shape index (κ1) is 21.3. The predicted octanol–water partition coefficient (Wildman–Crippen LogP) is 4.56. The monoisotopic (exact) mass is 384 g/mol. The van der Waals surface area contributed by atoms with E-state index in [1.54, 1.807) is 12.1 Å². The van der Waals surface area contributed by atoms with Gasteiger partial charge >= 0.3 is 0 Å². The first-order valence-electron chi connectivity index (χ1n) is 9.00. The molecule has 0 aliphatic carbocycles. The van der Waals surface area contributed by atoms with Gasteiger partial charge in [-0.1, -0.05) is 41.5 Å². The second-order valence-electron chi connectivity index (χ2n) is 8.86. The summed E-state index contributed by atoms with van der Waals surface area (Å²) in [5, 5.41) is 47.9. The molecule has 150 valence electrons. The van der Waals surface area contributed by atoms with E-state index >= 15 is 0 Å². The Labute approximate surface area is 165 Å². The lowest BCUT2D eigenvalue weighted by Gasteiger charge is -2.21. The zero-order valence-corrected chi connectivity index (χ0v) is 17.1. The second kappa shape index (κ2) is 7.54. The number of aromatic hydroxyl groups is 4. The van der Waals surface area contributed by atoms with E-state index < -0.39 is 0 Å². The Balaban J connectivity index is 2.30. The summed E-state index contributed by atoms with van der Waals surface area (Å²) in [6.07, 6.45) is 2.94. The van der Waals surface area contributed by atoms with E-state index in [9.17, 15) is 20.4 Å². The maximum Gasteiger partial charge on any atom is 0.161 e. The van der Waals surface area contributed by atoms with Crippen LogP contribution in [0.15, 0.2) is 34.5 Å². The first-order chi connectivity index (χ1) is 12.8. The van der Waals surface area contributed by atoms with Gasteiger partial charge in [0.2, 0.25) is 0 Å². The van der Waals surface area contributed by atoms with Crippen LogP contribution in [0.4, 0.5) is 0 Å². The van der Waals surface area contributed by atoms with Gasteiger partial charge in [0.25, 0.3) is 0 Å². The zero-order valence-electron chi connectivity index (χ0n) is 17.1. The van der Waals surface area contributed by atoms with Crippen molar-refractivity contribution < 1.29 is 20.4 Å². The maximum absolute atomic E-state index is 10.0. The number of nitrogens with zero attached hydrogens (tertiary/aromatic N) is 2. The SMILES string of the molecule is CC(C)(C)c1cc(/C=N/N=C/c2cc(O)c(O)c(C(C)(C)C)c2)cc(O)c1O.